The second-order valence-electron chi connectivity index (χ2n) is 5.77. The van der Waals surface area contributed by atoms with Gasteiger partial charge in [-0.3, -0.25) is 4.79 Å². The highest BCUT2D eigenvalue weighted by Crippen LogP contribution is 2.26. The summed E-state index contributed by atoms with van der Waals surface area (Å²) in [4.78, 5) is 20.3. The number of nitrogens with one attached hydrogen (secondary N) is 2. The fourth-order valence-corrected chi connectivity index (χ4v) is 2.39. The van der Waals surface area contributed by atoms with Gasteiger partial charge in [-0.25, -0.2) is 23.1 Å². The van der Waals surface area contributed by atoms with E-state index in [0.717, 1.165) is 17.7 Å². The van der Waals surface area contributed by atoms with E-state index in [1.807, 2.05) is 13.0 Å². The Kier molecular flexibility index (Phi) is 5.44. The Hall–Kier alpha value is -3.62. The minimum Gasteiger partial charge on any atom is -0.495 e. The molecule has 0 spiro atoms. The van der Waals surface area contributed by atoms with Crippen molar-refractivity contribution in [3.05, 3.63) is 71.3 Å². The van der Waals surface area contributed by atoms with Crippen molar-refractivity contribution in [1.29, 1.82) is 0 Å². The molecule has 1 aromatic heterocycles. The van der Waals surface area contributed by atoms with Crippen LogP contribution in [-0.4, -0.2) is 23.0 Å². The van der Waals surface area contributed by atoms with E-state index in [1.165, 1.54) is 19.4 Å². The Labute approximate surface area is 158 Å². The molecule has 2 aromatic carbocycles. The second kappa shape index (κ2) is 7.95. The van der Waals surface area contributed by atoms with Crippen molar-refractivity contribution in [1.82, 2.24) is 9.97 Å². The Morgan fingerprint density at radius 2 is 1.82 bits per heavy atom. The summed E-state index contributed by atoms with van der Waals surface area (Å²) in [7, 11) is 1.48. The number of nitrogens with zero attached hydrogens (tertiary/aromatic N) is 2. The number of aromatic nitrogens is 2. The molecule has 0 aliphatic rings. The standard InChI is InChI=1S/C19H15F3N4O2/c1-10-3-6-15(28-2)14(9-10)24-18(27)13-7-8-23-19(26-13)25-12-5-4-11(20)16(21)17(12)22/h3-9H,1-2H3,(H,24,27)(H,23,25,26). The average molecular weight is 388 g/mol. The molecule has 3 aromatic rings. The van der Waals surface area contributed by atoms with Gasteiger partial charge < -0.3 is 15.4 Å². The molecule has 28 heavy (non-hydrogen) atoms. The molecule has 2 N–H and O–H groups in total. The van der Waals surface area contributed by atoms with E-state index in [9.17, 15) is 18.0 Å². The fraction of sp³-hybridized carbons (Fsp3) is 0.105. The van der Waals surface area contributed by atoms with Crippen LogP contribution in [0.25, 0.3) is 0 Å². The number of carbonyl (C=O) groups excluding carboxylic acids is 1. The van der Waals surface area contributed by atoms with Gasteiger partial charge in [-0.05, 0) is 42.8 Å². The quantitative estimate of drug-likeness (QED) is 0.641. The van der Waals surface area contributed by atoms with Crippen LogP contribution >= 0.6 is 0 Å². The zero-order valence-electron chi connectivity index (χ0n) is 14.9. The van der Waals surface area contributed by atoms with Gasteiger partial charge in [0.2, 0.25) is 5.95 Å². The molecule has 0 bridgehead atoms. The molecule has 0 aliphatic carbocycles. The summed E-state index contributed by atoms with van der Waals surface area (Å²) in [6.07, 6.45) is 1.27. The van der Waals surface area contributed by atoms with Gasteiger partial charge >= 0.3 is 0 Å². The zero-order chi connectivity index (χ0) is 20.3. The lowest BCUT2D eigenvalue weighted by molar-refractivity contribution is 0.102. The molecular formula is C19H15F3N4O2. The number of hydrogen-bond donors (Lipinski definition) is 2. The molecule has 9 heteroatoms. The molecule has 3 rings (SSSR count). The summed E-state index contributed by atoms with van der Waals surface area (Å²) in [5.41, 5.74) is 0.975. The molecule has 0 aliphatic heterocycles. The number of rotatable bonds is 5. The van der Waals surface area contributed by atoms with E-state index in [-0.39, 0.29) is 17.3 Å². The lowest BCUT2D eigenvalue weighted by atomic mass is 10.2. The summed E-state index contributed by atoms with van der Waals surface area (Å²) >= 11 is 0. The monoisotopic (exact) mass is 388 g/mol. The van der Waals surface area contributed by atoms with Crippen molar-refractivity contribution in [3.8, 4) is 5.75 Å². The van der Waals surface area contributed by atoms with Gasteiger partial charge in [0.15, 0.2) is 17.5 Å². The van der Waals surface area contributed by atoms with Crippen LogP contribution in [0.15, 0.2) is 42.6 Å². The number of carbonyl (C=O) groups is 1. The van der Waals surface area contributed by atoms with E-state index < -0.39 is 23.4 Å². The van der Waals surface area contributed by atoms with E-state index in [0.29, 0.717) is 11.4 Å². The number of anilines is 3. The average Bonchev–Trinajstić information content (AvgIpc) is 2.69. The lowest BCUT2D eigenvalue weighted by Gasteiger charge is -2.11. The van der Waals surface area contributed by atoms with Crippen molar-refractivity contribution < 1.29 is 22.7 Å². The first-order chi connectivity index (χ1) is 13.4. The van der Waals surface area contributed by atoms with Crippen LogP contribution in [0.5, 0.6) is 5.75 Å². The maximum Gasteiger partial charge on any atom is 0.274 e. The molecule has 0 radical (unpaired) electrons. The van der Waals surface area contributed by atoms with Gasteiger partial charge in [-0.2, -0.15) is 0 Å². The molecular weight excluding hydrogens is 373 g/mol. The Morgan fingerprint density at radius 3 is 2.57 bits per heavy atom. The minimum absolute atomic E-state index is 0.0240. The van der Waals surface area contributed by atoms with Gasteiger partial charge in [0, 0.05) is 6.20 Å². The molecule has 0 saturated heterocycles. The first-order valence-electron chi connectivity index (χ1n) is 8.08. The Balaban J connectivity index is 1.83. The number of ether oxygens (including phenoxy) is 1. The van der Waals surface area contributed by atoms with Crippen LogP contribution in [0.1, 0.15) is 16.1 Å². The molecule has 0 atom stereocenters. The van der Waals surface area contributed by atoms with Crippen LogP contribution in [0.3, 0.4) is 0 Å². The van der Waals surface area contributed by atoms with Gasteiger partial charge in [0.05, 0.1) is 18.5 Å². The molecule has 1 amide bonds. The normalized spacial score (nSPS) is 10.5. The summed E-state index contributed by atoms with van der Waals surface area (Å²) < 4.78 is 45.4. The third-order valence-corrected chi connectivity index (χ3v) is 3.77. The van der Waals surface area contributed by atoms with E-state index in [4.69, 9.17) is 4.74 Å². The highest BCUT2D eigenvalue weighted by Gasteiger charge is 2.16. The second-order valence-corrected chi connectivity index (χ2v) is 5.77. The number of methoxy groups -OCH3 is 1. The first-order valence-corrected chi connectivity index (χ1v) is 8.08. The number of hydrogen-bond acceptors (Lipinski definition) is 5. The van der Waals surface area contributed by atoms with Crippen molar-refractivity contribution in [2.45, 2.75) is 6.92 Å². The predicted octanol–water partition coefficient (Wildman–Crippen LogP) is 4.21. The van der Waals surface area contributed by atoms with Crippen LogP contribution in [0, 0.1) is 24.4 Å². The first kappa shape index (κ1) is 19.2. The SMILES string of the molecule is COc1ccc(C)cc1NC(=O)c1ccnc(Nc2ccc(F)c(F)c2F)n1. The highest BCUT2D eigenvalue weighted by molar-refractivity contribution is 6.03. The Morgan fingerprint density at radius 1 is 1.04 bits per heavy atom. The molecule has 1 heterocycles. The summed E-state index contributed by atoms with van der Waals surface area (Å²) in [6.45, 7) is 1.86. The zero-order valence-corrected chi connectivity index (χ0v) is 14.9. The van der Waals surface area contributed by atoms with E-state index in [2.05, 4.69) is 20.6 Å². The third kappa shape index (κ3) is 4.03. The minimum atomic E-state index is -1.62. The molecule has 0 saturated carbocycles. The van der Waals surface area contributed by atoms with Gasteiger partial charge in [-0.1, -0.05) is 6.07 Å². The van der Waals surface area contributed by atoms with Gasteiger partial charge in [0.25, 0.3) is 5.91 Å². The molecule has 144 valence electrons. The fourth-order valence-electron chi connectivity index (χ4n) is 2.39. The summed E-state index contributed by atoms with van der Waals surface area (Å²) in [6, 6.07) is 8.39. The smallest absolute Gasteiger partial charge is 0.274 e. The third-order valence-electron chi connectivity index (χ3n) is 3.77. The van der Waals surface area contributed by atoms with Crippen LogP contribution in [0.2, 0.25) is 0 Å². The topological polar surface area (TPSA) is 76.1 Å². The van der Waals surface area contributed by atoms with Crippen LogP contribution in [-0.2, 0) is 0 Å². The van der Waals surface area contributed by atoms with Crippen LogP contribution in [0.4, 0.5) is 30.5 Å². The predicted molar refractivity (Wildman–Crippen MR) is 97.3 cm³/mol. The van der Waals surface area contributed by atoms with E-state index in [1.54, 1.807) is 12.1 Å². The maximum absolute atomic E-state index is 13.8. The Bertz CT molecular complexity index is 1040. The maximum atomic E-state index is 13.8. The van der Waals surface area contributed by atoms with Gasteiger partial charge in [-0.15, -0.1) is 0 Å². The van der Waals surface area contributed by atoms with Gasteiger partial charge in [0.1, 0.15) is 11.4 Å². The number of halogens is 3. The van der Waals surface area contributed by atoms with Crippen molar-refractivity contribution in [3.63, 3.8) is 0 Å². The van der Waals surface area contributed by atoms with Crippen molar-refractivity contribution >= 4 is 23.2 Å². The highest BCUT2D eigenvalue weighted by atomic mass is 19.2. The number of benzene rings is 2. The number of aryl methyl sites for hydroxylation is 1. The van der Waals surface area contributed by atoms with Crippen molar-refractivity contribution in [2.75, 3.05) is 17.7 Å². The van der Waals surface area contributed by atoms with Crippen LogP contribution < -0.4 is 15.4 Å². The molecule has 6 nitrogen and oxygen atoms in total. The lowest BCUT2D eigenvalue weighted by Crippen LogP contribution is -2.15. The van der Waals surface area contributed by atoms with E-state index >= 15 is 0 Å². The van der Waals surface area contributed by atoms with Crippen molar-refractivity contribution in [2.24, 2.45) is 0 Å². The number of amides is 1. The summed E-state index contributed by atoms with van der Waals surface area (Å²) in [5.74, 6) is -4.60. The summed E-state index contributed by atoms with van der Waals surface area (Å²) in [5, 5.41) is 5.09. The molecule has 0 fully saturated rings. The molecule has 0 unspecified atom stereocenters. The largest absolute Gasteiger partial charge is 0.495 e.